The first-order chi connectivity index (χ1) is 14.4. The summed E-state index contributed by atoms with van der Waals surface area (Å²) in [6.07, 6.45) is 1.04. The number of fused-ring (bicyclic) bond motifs is 3. The quantitative estimate of drug-likeness (QED) is 0.635. The molecule has 1 aliphatic carbocycles. The number of amides is 1. The van der Waals surface area contributed by atoms with Gasteiger partial charge >= 0.3 is 0 Å². The third-order valence-corrected chi connectivity index (χ3v) is 6.36. The van der Waals surface area contributed by atoms with Gasteiger partial charge < -0.3 is 10.4 Å². The second-order valence-corrected chi connectivity index (χ2v) is 8.95. The fourth-order valence-electron chi connectivity index (χ4n) is 4.18. The van der Waals surface area contributed by atoms with Gasteiger partial charge in [-0.1, -0.05) is 30.3 Å². The summed E-state index contributed by atoms with van der Waals surface area (Å²) >= 11 is 1.58. The van der Waals surface area contributed by atoms with Crippen LogP contribution in [0.15, 0.2) is 52.9 Å². The lowest BCUT2D eigenvalue weighted by Gasteiger charge is -2.41. The molecule has 1 aromatic carbocycles. The van der Waals surface area contributed by atoms with Gasteiger partial charge in [0.15, 0.2) is 17.5 Å². The predicted molar refractivity (Wildman–Crippen MR) is 116 cm³/mol. The van der Waals surface area contributed by atoms with E-state index in [9.17, 15) is 14.7 Å². The maximum atomic E-state index is 12.6. The third-order valence-electron chi connectivity index (χ3n) is 5.51. The molecule has 2 aliphatic rings. The Labute approximate surface area is 176 Å². The number of benzene rings is 1. The van der Waals surface area contributed by atoms with Crippen LogP contribution in [-0.2, 0) is 9.59 Å². The lowest BCUT2D eigenvalue weighted by molar-refractivity contribution is -0.125. The zero-order valence-electron chi connectivity index (χ0n) is 16.3. The number of carbonyl (C=O) groups excluding carboxylic acids is 2. The Hall–Kier alpha value is -3.19. The Morgan fingerprint density at radius 2 is 2.10 bits per heavy atom. The minimum atomic E-state index is -0.720. The minimum Gasteiger partial charge on any atom is -0.390 e. The fraction of sp³-hybridized carbons (Fsp3) is 0.273. The first-order valence-corrected chi connectivity index (χ1v) is 10.6. The minimum absolute atomic E-state index is 0.0623. The Morgan fingerprint density at radius 1 is 1.33 bits per heavy atom. The van der Waals surface area contributed by atoms with Crippen molar-refractivity contribution in [1.29, 1.82) is 0 Å². The molecule has 2 aromatic heterocycles. The Balaban J connectivity index is 1.51. The van der Waals surface area contributed by atoms with Crippen molar-refractivity contribution in [2.45, 2.75) is 31.4 Å². The molecular formula is C22H20N4O3S. The molecule has 8 heteroatoms. The highest BCUT2D eigenvalue weighted by molar-refractivity contribution is 7.17. The Bertz CT molecular complexity index is 1210. The van der Waals surface area contributed by atoms with Crippen LogP contribution in [0.3, 0.4) is 0 Å². The number of carbonyl (C=O) groups is 1. The van der Waals surface area contributed by atoms with Crippen molar-refractivity contribution in [3.63, 3.8) is 0 Å². The van der Waals surface area contributed by atoms with Crippen LogP contribution in [0, 0.1) is 0 Å². The standard InChI is InChI=1S/C22H20N4O3S/c1-22(29)10-15(11-22)23-20(28)12-25-18(13-27)17-9-19-16(7-8-30-19)26(17)21(24-25)14-5-3-2-4-6-14/h2-9,15,29H,10-12H2,1H3,(H,23,28). The third kappa shape index (κ3) is 3.15. The molecule has 0 bridgehead atoms. The molecular weight excluding hydrogens is 400 g/mol. The van der Waals surface area contributed by atoms with E-state index in [1.807, 2.05) is 58.4 Å². The van der Waals surface area contributed by atoms with E-state index < -0.39 is 5.60 Å². The number of rotatable bonds is 4. The van der Waals surface area contributed by atoms with E-state index in [4.69, 9.17) is 0 Å². The fourth-order valence-corrected chi connectivity index (χ4v) is 4.98. The summed E-state index contributed by atoms with van der Waals surface area (Å²) in [4.78, 5) is 24.5. The summed E-state index contributed by atoms with van der Waals surface area (Å²) in [5.41, 5.74) is 2.02. The summed E-state index contributed by atoms with van der Waals surface area (Å²) in [6.45, 7) is 1.65. The van der Waals surface area contributed by atoms with Crippen LogP contribution < -0.4 is 5.32 Å². The largest absolute Gasteiger partial charge is 0.390 e. The van der Waals surface area contributed by atoms with E-state index in [0.717, 1.165) is 15.8 Å². The summed E-state index contributed by atoms with van der Waals surface area (Å²) in [7, 11) is 0. The molecule has 0 radical (unpaired) electrons. The summed E-state index contributed by atoms with van der Waals surface area (Å²) in [6, 6.07) is 13.6. The van der Waals surface area contributed by atoms with Gasteiger partial charge in [-0.15, -0.1) is 11.3 Å². The van der Waals surface area contributed by atoms with Crippen LogP contribution in [-0.4, -0.2) is 50.6 Å². The van der Waals surface area contributed by atoms with Gasteiger partial charge in [-0.05, 0) is 37.3 Å². The van der Waals surface area contributed by atoms with Crippen LogP contribution in [0.5, 0.6) is 0 Å². The van der Waals surface area contributed by atoms with E-state index in [0.29, 0.717) is 24.4 Å². The van der Waals surface area contributed by atoms with Crippen LogP contribution in [0.2, 0.25) is 0 Å². The molecule has 0 unspecified atom stereocenters. The van der Waals surface area contributed by atoms with Crippen molar-refractivity contribution in [3.8, 4) is 0 Å². The molecule has 3 heterocycles. The SMILES string of the molecule is CC1(O)CC(NC(=O)CN2N=C(c3ccccc3)n3c(cc4sccc43)C2=C=O)C1. The maximum absolute atomic E-state index is 12.6. The van der Waals surface area contributed by atoms with Crippen molar-refractivity contribution in [2.24, 2.45) is 5.10 Å². The highest BCUT2D eigenvalue weighted by Gasteiger charge is 2.39. The lowest BCUT2D eigenvalue weighted by Crippen LogP contribution is -2.54. The topological polar surface area (TPSA) is 86.9 Å². The van der Waals surface area contributed by atoms with E-state index in [-0.39, 0.29) is 24.2 Å². The normalized spacial score (nSPS) is 22.9. The van der Waals surface area contributed by atoms with Crippen molar-refractivity contribution in [2.75, 3.05) is 6.54 Å². The number of hydrazone groups is 1. The Kier molecular flexibility index (Phi) is 4.36. The molecule has 2 N–H and O–H groups in total. The van der Waals surface area contributed by atoms with E-state index in [1.54, 1.807) is 18.3 Å². The zero-order chi connectivity index (χ0) is 20.9. The van der Waals surface area contributed by atoms with Gasteiger partial charge in [0, 0.05) is 11.6 Å². The number of thiophene rings is 1. The summed E-state index contributed by atoms with van der Waals surface area (Å²) in [5.74, 6) is 2.38. The second-order valence-electron chi connectivity index (χ2n) is 8.00. The first-order valence-electron chi connectivity index (χ1n) is 9.73. The highest BCUT2D eigenvalue weighted by Crippen LogP contribution is 2.34. The van der Waals surface area contributed by atoms with Crippen molar-refractivity contribution in [3.05, 3.63) is 59.1 Å². The molecule has 0 saturated heterocycles. The number of nitrogens with zero attached hydrogens (tertiary/aromatic N) is 3. The van der Waals surface area contributed by atoms with Gasteiger partial charge in [0.05, 0.1) is 21.5 Å². The second kappa shape index (κ2) is 6.95. The average Bonchev–Trinajstić information content (AvgIpc) is 3.28. The number of nitrogens with one attached hydrogen (secondary N) is 1. The first kappa shape index (κ1) is 18.8. The highest BCUT2D eigenvalue weighted by atomic mass is 32.1. The van der Waals surface area contributed by atoms with Crippen molar-refractivity contribution >= 4 is 44.9 Å². The van der Waals surface area contributed by atoms with Gasteiger partial charge in [0.25, 0.3) is 0 Å². The van der Waals surface area contributed by atoms with Crippen LogP contribution in [0.4, 0.5) is 0 Å². The number of hydrogen-bond acceptors (Lipinski definition) is 6. The number of aromatic nitrogens is 1. The van der Waals surface area contributed by atoms with Crippen molar-refractivity contribution < 1.29 is 14.7 Å². The smallest absolute Gasteiger partial charge is 0.242 e. The van der Waals surface area contributed by atoms with E-state index >= 15 is 0 Å². The summed E-state index contributed by atoms with van der Waals surface area (Å²) in [5, 5.41) is 20.9. The van der Waals surface area contributed by atoms with Crippen LogP contribution >= 0.6 is 11.3 Å². The van der Waals surface area contributed by atoms with Crippen molar-refractivity contribution in [1.82, 2.24) is 14.9 Å². The predicted octanol–water partition coefficient (Wildman–Crippen LogP) is 2.43. The van der Waals surface area contributed by atoms with E-state index in [2.05, 4.69) is 10.4 Å². The van der Waals surface area contributed by atoms with Gasteiger partial charge in [0.2, 0.25) is 5.91 Å². The average molecular weight is 420 g/mol. The zero-order valence-corrected chi connectivity index (χ0v) is 17.1. The molecule has 0 atom stereocenters. The molecule has 1 fully saturated rings. The monoisotopic (exact) mass is 420 g/mol. The molecule has 7 nitrogen and oxygen atoms in total. The maximum Gasteiger partial charge on any atom is 0.242 e. The molecule has 0 spiro atoms. The van der Waals surface area contributed by atoms with Gasteiger partial charge in [-0.3, -0.25) is 9.36 Å². The molecule has 152 valence electrons. The molecule has 30 heavy (non-hydrogen) atoms. The molecule has 1 saturated carbocycles. The lowest BCUT2D eigenvalue weighted by atomic mass is 9.77. The molecule has 5 rings (SSSR count). The summed E-state index contributed by atoms with van der Waals surface area (Å²) < 4.78 is 2.98. The van der Waals surface area contributed by atoms with E-state index in [1.165, 1.54) is 5.01 Å². The van der Waals surface area contributed by atoms with Crippen LogP contribution in [0.25, 0.3) is 15.9 Å². The number of hydrogen-bond donors (Lipinski definition) is 2. The van der Waals surface area contributed by atoms with Gasteiger partial charge in [-0.2, -0.15) is 5.10 Å². The molecule has 1 aliphatic heterocycles. The van der Waals surface area contributed by atoms with Gasteiger partial charge in [0.1, 0.15) is 6.54 Å². The number of aliphatic hydroxyl groups is 1. The molecule has 1 amide bonds. The van der Waals surface area contributed by atoms with Gasteiger partial charge in [-0.25, -0.2) is 9.80 Å². The van der Waals surface area contributed by atoms with Crippen LogP contribution in [0.1, 0.15) is 31.0 Å². The Morgan fingerprint density at radius 3 is 2.80 bits per heavy atom. The molecule has 3 aromatic rings.